The molecule has 4 atom stereocenters. The van der Waals surface area contributed by atoms with Crippen LogP contribution in [0.1, 0.15) is 28.6 Å². The summed E-state index contributed by atoms with van der Waals surface area (Å²) >= 11 is 0. The molecule has 0 bridgehead atoms. The van der Waals surface area contributed by atoms with Crippen molar-refractivity contribution in [2.75, 3.05) is 33.1 Å². The monoisotopic (exact) mass is 356 g/mol. The van der Waals surface area contributed by atoms with E-state index in [2.05, 4.69) is 0 Å². The van der Waals surface area contributed by atoms with E-state index in [9.17, 15) is 9.67 Å². The summed E-state index contributed by atoms with van der Waals surface area (Å²) in [6.07, 6.45) is 0.300. The van der Waals surface area contributed by atoms with Gasteiger partial charge in [-0.05, 0) is 46.2 Å². The van der Waals surface area contributed by atoms with Crippen molar-refractivity contribution in [2.24, 2.45) is 5.92 Å². The SMILES string of the molecule is [3H]C1C[C@H](CP(=O)(OCC)C(C)(C)O)[C@@H](CO[Si](C)(C)OC)O1. The molecule has 132 valence electrons. The molecule has 1 rings (SSSR count). The van der Waals surface area contributed by atoms with Crippen LogP contribution in [0.15, 0.2) is 0 Å². The van der Waals surface area contributed by atoms with Gasteiger partial charge in [0, 0.05) is 19.9 Å². The largest absolute Gasteiger partial charge is 0.398 e. The van der Waals surface area contributed by atoms with Crippen molar-refractivity contribution in [3.63, 3.8) is 0 Å². The maximum Gasteiger partial charge on any atom is 0.331 e. The van der Waals surface area contributed by atoms with Crippen LogP contribution in [0.5, 0.6) is 0 Å². The van der Waals surface area contributed by atoms with Crippen molar-refractivity contribution in [3.8, 4) is 0 Å². The molecule has 1 heterocycles. The topological polar surface area (TPSA) is 74.2 Å². The number of ether oxygens (including phenoxy) is 1. The molecule has 1 aliphatic heterocycles. The number of aliphatic hydroxyl groups is 1. The molecule has 0 spiro atoms. The molecule has 8 heteroatoms. The summed E-state index contributed by atoms with van der Waals surface area (Å²) in [6, 6.07) is 0. The fourth-order valence-electron chi connectivity index (χ4n) is 2.23. The Bertz CT molecular complexity index is 428. The lowest BCUT2D eigenvalue weighted by Crippen LogP contribution is -2.38. The van der Waals surface area contributed by atoms with Crippen molar-refractivity contribution in [3.05, 3.63) is 0 Å². The molecule has 0 aromatic rings. The normalized spacial score (nSPS) is 30.1. The van der Waals surface area contributed by atoms with Crippen LogP contribution < -0.4 is 0 Å². The molecule has 0 aliphatic carbocycles. The van der Waals surface area contributed by atoms with E-state index in [1.54, 1.807) is 14.0 Å². The Morgan fingerprint density at radius 1 is 1.50 bits per heavy atom. The molecule has 1 fully saturated rings. The van der Waals surface area contributed by atoms with Crippen LogP contribution in [0.25, 0.3) is 0 Å². The predicted octanol–water partition coefficient (Wildman–Crippen LogP) is 2.80. The first kappa shape index (κ1) is 18.6. The summed E-state index contributed by atoms with van der Waals surface area (Å²) in [6.45, 7) is 8.51. The van der Waals surface area contributed by atoms with Gasteiger partial charge in [0.2, 0.25) is 7.37 Å². The van der Waals surface area contributed by atoms with Gasteiger partial charge >= 0.3 is 8.56 Å². The van der Waals surface area contributed by atoms with E-state index in [-0.39, 0.29) is 24.8 Å². The van der Waals surface area contributed by atoms with E-state index in [0.29, 0.717) is 13.0 Å². The zero-order chi connectivity index (χ0) is 17.9. The molecule has 2 unspecified atom stereocenters. The molecule has 0 radical (unpaired) electrons. The third kappa shape index (κ3) is 5.41. The second-order valence-electron chi connectivity index (χ2n) is 6.52. The average Bonchev–Trinajstić information content (AvgIpc) is 2.75. The van der Waals surface area contributed by atoms with E-state index >= 15 is 0 Å². The van der Waals surface area contributed by atoms with E-state index in [0.717, 1.165) is 0 Å². The molecule has 1 aliphatic rings. The van der Waals surface area contributed by atoms with Crippen LogP contribution in [0.2, 0.25) is 13.1 Å². The second-order valence-corrected chi connectivity index (χ2v) is 13.1. The van der Waals surface area contributed by atoms with Gasteiger partial charge in [-0.15, -0.1) is 0 Å². The summed E-state index contributed by atoms with van der Waals surface area (Å²) in [5, 5.41) is 8.84. The third-order valence-corrected chi connectivity index (χ3v) is 9.07. The van der Waals surface area contributed by atoms with Crippen molar-refractivity contribution < 1.29 is 29.2 Å². The number of hydrogen-bond donors (Lipinski definition) is 1. The quantitative estimate of drug-likeness (QED) is 0.506. The minimum Gasteiger partial charge on any atom is -0.398 e. The first-order valence-corrected chi connectivity index (χ1v) is 12.3. The molecule has 1 saturated heterocycles. The van der Waals surface area contributed by atoms with Gasteiger partial charge in [0.25, 0.3) is 0 Å². The minimum atomic E-state index is -3.27. The van der Waals surface area contributed by atoms with E-state index in [1.807, 2.05) is 13.1 Å². The van der Waals surface area contributed by atoms with Crippen molar-refractivity contribution in [1.29, 1.82) is 0 Å². The lowest BCUT2D eigenvalue weighted by atomic mass is 10.1. The highest BCUT2D eigenvalue weighted by atomic mass is 31.2. The molecule has 0 aromatic heterocycles. The van der Waals surface area contributed by atoms with Crippen molar-refractivity contribution in [1.82, 2.24) is 0 Å². The van der Waals surface area contributed by atoms with Gasteiger partial charge in [0.05, 0.1) is 20.7 Å². The Hall–Kier alpha value is 0.247. The molecule has 0 amide bonds. The Balaban J connectivity index is 2.80. The van der Waals surface area contributed by atoms with Crippen LogP contribution in [0, 0.1) is 5.92 Å². The van der Waals surface area contributed by atoms with Crippen LogP contribution >= 0.6 is 7.37 Å². The Kier molecular flexibility index (Phi) is 6.66. The zero-order valence-electron chi connectivity index (χ0n) is 15.5. The maximum absolute atomic E-state index is 13.1. The van der Waals surface area contributed by atoms with Crippen molar-refractivity contribution in [2.45, 2.75) is 51.7 Å². The third-order valence-electron chi connectivity index (χ3n) is 3.93. The van der Waals surface area contributed by atoms with Gasteiger partial charge in [-0.25, -0.2) is 0 Å². The van der Waals surface area contributed by atoms with Crippen LogP contribution in [-0.4, -0.2) is 58.2 Å². The van der Waals surface area contributed by atoms with Crippen LogP contribution in [0.4, 0.5) is 0 Å². The second kappa shape index (κ2) is 7.88. The first-order chi connectivity index (χ1) is 10.4. The smallest absolute Gasteiger partial charge is 0.331 e. The van der Waals surface area contributed by atoms with Gasteiger partial charge in [-0.3, -0.25) is 4.57 Å². The molecule has 1 N–H and O–H groups in total. The van der Waals surface area contributed by atoms with Gasteiger partial charge in [-0.1, -0.05) is 0 Å². The van der Waals surface area contributed by atoms with Gasteiger partial charge < -0.3 is 23.2 Å². The highest BCUT2D eigenvalue weighted by molar-refractivity contribution is 7.60. The lowest BCUT2D eigenvalue weighted by molar-refractivity contribution is 0.0382. The molecule has 22 heavy (non-hydrogen) atoms. The van der Waals surface area contributed by atoms with E-state index < -0.39 is 27.9 Å². The van der Waals surface area contributed by atoms with Crippen LogP contribution in [0.3, 0.4) is 0 Å². The summed E-state index contributed by atoms with van der Waals surface area (Å²) < 4.78 is 43.1. The highest BCUT2D eigenvalue weighted by Gasteiger charge is 2.45. The maximum atomic E-state index is 13.1. The fourth-order valence-corrected chi connectivity index (χ4v) is 5.20. The number of hydrogen-bond acceptors (Lipinski definition) is 6. The molecule has 6 nitrogen and oxygen atoms in total. The Morgan fingerprint density at radius 3 is 2.64 bits per heavy atom. The van der Waals surface area contributed by atoms with Crippen LogP contribution in [-0.2, 0) is 22.7 Å². The highest BCUT2D eigenvalue weighted by Crippen LogP contribution is 2.59. The molecular formula is C14H31O6PSi. The Morgan fingerprint density at radius 2 is 2.14 bits per heavy atom. The standard InChI is InChI=1S/C14H31O6PSi/c1-7-19-21(16,14(2,3)15)11-12-8-9-18-13(12)10-20-22(5,6)17-4/h12-13,15H,7-11H2,1-6H3/t12-,13-,21?/m1/s1/i9T/t9?,12-,13-,21?. The van der Waals surface area contributed by atoms with Gasteiger partial charge in [0.1, 0.15) is 5.34 Å². The summed E-state index contributed by atoms with van der Waals surface area (Å²) in [5.74, 6) is -0.150. The Labute approximate surface area is 136 Å². The van der Waals surface area contributed by atoms with E-state index in [1.165, 1.54) is 13.8 Å². The molecule has 0 aromatic carbocycles. The van der Waals surface area contributed by atoms with E-state index in [4.69, 9.17) is 19.5 Å². The van der Waals surface area contributed by atoms with Gasteiger partial charge in [0.15, 0.2) is 0 Å². The zero-order valence-corrected chi connectivity index (χ0v) is 16.4. The minimum absolute atomic E-state index is 0.150. The van der Waals surface area contributed by atoms with Crippen molar-refractivity contribution >= 4 is 15.9 Å². The first-order valence-electron chi connectivity index (χ1n) is 8.24. The fraction of sp³-hybridized carbons (Fsp3) is 1.00. The summed E-state index contributed by atoms with van der Waals surface area (Å²) in [7, 11) is -3.85. The van der Waals surface area contributed by atoms with Gasteiger partial charge in [-0.2, -0.15) is 0 Å². The molecular weight excluding hydrogens is 323 g/mol. The number of rotatable bonds is 9. The average molecular weight is 356 g/mol. The molecule has 0 saturated carbocycles. The summed E-state index contributed by atoms with van der Waals surface area (Å²) in [4.78, 5) is 0. The lowest BCUT2D eigenvalue weighted by Gasteiger charge is -2.32. The predicted molar refractivity (Wildman–Crippen MR) is 88.7 cm³/mol. The summed E-state index contributed by atoms with van der Waals surface area (Å²) in [5.41, 5.74) is 0.